The molecule has 13 heavy (non-hydrogen) atoms. The molecule has 0 aromatic carbocycles. The molecule has 1 rings (SSSR count). The fraction of sp³-hybridized carbons (Fsp3) is 0.800. The Balaban J connectivity index is 2.21. The summed E-state index contributed by atoms with van der Waals surface area (Å²) in [6.07, 6.45) is 3.70. The first-order valence-corrected chi connectivity index (χ1v) is 5.28. The van der Waals surface area contributed by atoms with Crippen LogP contribution in [0.4, 0.5) is 0 Å². The molecule has 2 atom stereocenters. The maximum Gasteiger partial charge on any atom is 0.0587 e. The van der Waals surface area contributed by atoms with Crippen molar-refractivity contribution < 1.29 is 4.74 Å². The molecule has 1 aliphatic heterocycles. The summed E-state index contributed by atoms with van der Waals surface area (Å²) < 4.78 is 5.57. The van der Waals surface area contributed by atoms with Crippen molar-refractivity contribution in [3.8, 4) is 0 Å². The minimum atomic E-state index is 0.426. The van der Waals surface area contributed by atoms with Gasteiger partial charge in [-0.25, -0.2) is 0 Å². The van der Waals surface area contributed by atoms with E-state index in [1.165, 1.54) is 0 Å². The Kier molecular flexibility index (Phi) is 4.78. The summed E-state index contributed by atoms with van der Waals surface area (Å²) in [4.78, 5) is 0. The Morgan fingerprint density at radius 2 is 2.46 bits per heavy atom. The lowest BCUT2D eigenvalue weighted by molar-refractivity contribution is 0.000535. The summed E-state index contributed by atoms with van der Waals surface area (Å²) in [6.45, 7) is 7.39. The molecule has 0 amide bonds. The van der Waals surface area contributed by atoms with E-state index in [4.69, 9.17) is 16.3 Å². The van der Waals surface area contributed by atoms with E-state index in [0.717, 1.165) is 25.9 Å². The summed E-state index contributed by atoms with van der Waals surface area (Å²) in [7, 11) is 0. The average Bonchev–Trinajstić information content (AvgIpc) is 2.15. The molecule has 76 valence electrons. The van der Waals surface area contributed by atoms with Crippen molar-refractivity contribution in [2.45, 2.75) is 38.3 Å². The number of rotatable bonds is 4. The van der Waals surface area contributed by atoms with Gasteiger partial charge in [0, 0.05) is 24.2 Å². The summed E-state index contributed by atoms with van der Waals surface area (Å²) in [5.41, 5.74) is 0. The zero-order chi connectivity index (χ0) is 9.68. The fourth-order valence-corrected chi connectivity index (χ4v) is 1.68. The Morgan fingerprint density at radius 3 is 3.08 bits per heavy atom. The van der Waals surface area contributed by atoms with Crippen LogP contribution in [-0.4, -0.2) is 25.3 Å². The van der Waals surface area contributed by atoms with Crippen LogP contribution in [0.25, 0.3) is 0 Å². The second-order valence-corrected chi connectivity index (χ2v) is 4.06. The highest BCUT2D eigenvalue weighted by Crippen LogP contribution is 2.16. The summed E-state index contributed by atoms with van der Waals surface area (Å²) in [5, 5.41) is 4.05. The largest absolute Gasteiger partial charge is 0.378 e. The van der Waals surface area contributed by atoms with Crippen LogP contribution in [0.2, 0.25) is 0 Å². The first-order chi connectivity index (χ1) is 6.22. The third-order valence-corrected chi connectivity index (χ3v) is 2.54. The van der Waals surface area contributed by atoms with Gasteiger partial charge in [0.15, 0.2) is 0 Å². The Labute approximate surface area is 85.3 Å². The molecule has 1 heterocycles. The number of ether oxygens (including phenoxy) is 1. The average molecular weight is 204 g/mol. The van der Waals surface area contributed by atoms with Crippen molar-refractivity contribution in [3.05, 3.63) is 11.6 Å². The molecule has 0 radical (unpaired) electrons. The zero-order valence-electron chi connectivity index (χ0n) is 8.18. The SMILES string of the molecule is C=C(Cl)CNC1CCOC(CC)C1. The molecular weight excluding hydrogens is 186 g/mol. The van der Waals surface area contributed by atoms with E-state index in [0.29, 0.717) is 23.7 Å². The van der Waals surface area contributed by atoms with Gasteiger partial charge in [-0.05, 0) is 19.3 Å². The first kappa shape index (κ1) is 11.0. The number of nitrogens with one attached hydrogen (secondary N) is 1. The van der Waals surface area contributed by atoms with E-state index in [2.05, 4.69) is 18.8 Å². The smallest absolute Gasteiger partial charge is 0.0587 e. The normalized spacial score (nSPS) is 28.8. The van der Waals surface area contributed by atoms with Crippen molar-refractivity contribution in [3.63, 3.8) is 0 Å². The molecule has 2 unspecified atom stereocenters. The lowest BCUT2D eigenvalue weighted by atomic mass is 10.0. The summed E-state index contributed by atoms with van der Waals surface area (Å²) in [6, 6.07) is 0.550. The lowest BCUT2D eigenvalue weighted by Gasteiger charge is -2.29. The Morgan fingerprint density at radius 1 is 1.69 bits per heavy atom. The van der Waals surface area contributed by atoms with E-state index in [9.17, 15) is 0 Å². The molecule has 0 aliphatic carbocycles. The van der Waals surface area contributed by atoms with Gasteiger partial charge in [0.25, 0.3) is 0 Å². The molecule has 0 bridgehead atoms. The molecule has 3 heteroatoms. The summed E-state index contributed by atoms with van der Waals surface area (Å²) >= 11 is 5.68. The van der Waals surface area contributed by atoms with Gasteiger partial charge in [0.1, 0.15) is 0 Å². The van der Waals surface area contributed by atoms with Gasteiger partial charge in [-0.15, -0.1) is 0 Å². The molecule has 0 spiro atoms. The molecule has 0 aromatic heterocycles. The van der Waals surface area contributed by atoms with E-state index in [1.54, 1.807) is 0 Å². The molecule has 0 saturated carbocycles. The second-order valence-electron chi connectivity index (χ2n) is 3.52. The predicted molar refractivity (Wildman–Crippen MR) is 56.0 cm³/mol. The first-order valence-electron chi connectivity index (χ1n) is 4.90. The maximum absolute atomic E-state index is 5.68. The van der Waals surface area contributed by atoms with E-state index >= 15 is 0 Å². The van der Waals surface area contributed by atoms with Gasteiger partial charge in [0.2, 0.25) is 0 Å². The van der Waals surface area contributed by atoms with Crippen molar-refractivity contribution in [1.29, 1.82) is 0 Å². The number of hydrogen-bond donors (Lipinski definition) is 1. The van der Waals surface area contributed by atoms with Crippen LogP contribution in [0.5, 0.6) is 0 Å². The van der Waals surface area contributed by atoms with Gasteiger partial charge in [-0.3, -0.25) is 0 Å². The van der Waals surface area contributed by atoms with Crippen molar-refractivity contribution in [1.82, 2.24) is 5.32 Å². The predicted octanol–water partition coefficient (Wildman–Crippen LogP) is 2.29. The quantitative estimate of drug-likeness (QED) is 0.757. The van der Waals surface area contributed by atoms with E-state index in [1.807, 2.05) is 0 Å². The van der Waals surface area contributed by atoms with Gasteiger partial charge >= 0.3 is 0 Å². The topological polar surface area (TPSA) is 21.3 Å². The summed E-state index contributed by atoms with van der Waals surface area (Å²) in [5.74, 6) is 0. The highest BCUT2D eigenvalue weighted by atomic mass is 35.5. The van der Waals surface area contributed by atoms with Crippen LogP contribution < -0.4 is 5.32 Å². The van der Waals surface area contributed by atoms with Crippen LogP contribution in [0.1, 0.15) is 26.2 Å². The van der Waals surface area contributed by atoms with Crippen LogP contribution >= 0.6 is 11.6 Å². The van der Waals surface area contributed by atoms with Crippen LogP contribution in [-0.2, 0) is 4.74 Å². The lowest BCUT2D eigenvalue weighted by Crippen LogP contribution is -2.39. The molecular formula is C10H18ClNO. The molecule has 1 N–H and O–H groups in total. The Hall–Kier alpha value is -0.0500. The molecule has 1 fully saturated rings. The maximum atomic E-state index is 5.68. The van der Waals surface area contributed by atoms with Crippen molar-refractivity contribution >= 4 is 11.6 Å². The van der Waals surface area contributed by atoms with Crippen molar-refractivity contribution in [2.24, 2.45) is 0 Å². The third kappa shape index (κ3) is 4.12. The standard InChI is InChI=1S/C10H18ClNO/c1-3-10-6-9(4-5-13-10)12-7-8(2)11/h9-10,12H,2-7H2,1H3. The molecule has 2 nitrogen and oxygen atoms in total. The number of halogens is 1. The molecule has 1 saturated heterocycles. The van der Waals surface area contributed by atoms with E-state index < -0.39 is 0 Å². The monoisotopic (exact) mass is 203 g/mol. The van der Waals surface area contributed by atoms with Crippen LogP contribution in [0.15, 0.2) is 11.6 Å². The zero-order valence-corrected chi connectivity index (χ0v) is 8.94. The fourth-order valence-electron chi connectivity index (χ4n) is 1.61. The van der Waals surface area contributed by atoms with Gasteiger partial charge in [-0.2, -0.15) is 0 Å². The van der Waals surface area contributed by atoms with Crippen LogP contribution in [0.3, 0.4) is 0 Å². The molecule has 1 aliphatic rings. The van der Waals surface area contributed by atoms with Gasteiger partial charge < -0.3 is 10.1 Å². The van der Waals surface area contributed by atoms with Crippen LogP contribution in [0, 0.1) is 0 Å². The van der Waals surface area contributed by atoms with E-state index in [-0.39, 0.29) is 0 Å². The van der Waals surface area contributed by atoms with Crippen molar-refractivity contribution in [2.75, 3.05) is 13.2 Å². The minimum absolute atomic E-state index is 0.426. The third-order valence-electron chi connectivity index (χ3n) is 2.41. The minimum Gasteiger partial charge on any atom is -0.378 e. The van der Waals surface area contributed by atoms with Gasteiger partial charge in [-0.1, -0.05) is 25.1 Å². The highest BCUT2D eigenvalue weighted by molar-refractivity contribution is 6.29. The second kappa shape index (κ2) is 5.63. The highest BCUT2D eigenvalue weighted by Gasteiger charge is 2.20. The number of hydrogen-bond acceptors (Lipinski definition) is 2. The Bertz CT molecular complexity index is 172. The molecule has 0 aromatic rings. The van der Waals surface area contributed by atoms with Gasteiger partial charge in [0.05, 0.1) is 6.10 Å².